The van der Waals surface area contributed by atoms with Crippen LogP contribution in [0.15, 0.2) is 34.9 Å². The summed E-state index contributed by atoms with van der Waals surface area (Å²) < 4.78 is 2.56. The predicted octanol–water partition coefficient (Wildman–Crippen LogP) is 3.58. The van der Waals surface area contributed by atoms with Gasteiger partial charge >= 0.3 is 0 Å². The van der Waals surface area contributed by atoms with Gasteiger partial charge in [-0.2, -0.15) is 5.10 Å². The first kappa shape index (κ1) is 14.5. The lowest BCUT2D eigenvalue weighted by molar-refractivity contribution is 0.104. The van der Waals surface area contributed by atoms with E-state index in [9.17, 15) is 9.90 Å². The van der Waals surface area contributed by atoms with Gasteiger partial charge < -0.3 is 5.11 Å². The fraction of sp³-hybridized carbons (Fsp3) is 0.200. The van der Waals surface area contributed by atoms with E-state index in [2.05, 4.69) is 21.0 Å². The minimum absolute atomic E-state index is 0.0996. The number of carbonyl (C=O) groups is 1. The number of aromatic nitrogens is 2. The molecule has 1 N–H and O–H groups in total. The Balaban J connectivity index is 2.24. The number of rotatable bonds is 4. The van der Waals surface area contributed by atoms with Gasteiger partial charge in [0, 0.05) is 17.2 Å². The molecule has 0 aliphatic heterocycles. The first-order valence-corrected chi connectivity index (χ1v) is 7.05. The van der Waals surface area contributed by atoms with Crippen molar-refractivity contribution in [1.29, 1.82) is 0 Å². The highest BCUT2D eigenvalue weighted by Crippen LogP contribution is 2.23. The zero-order chi connectivity index (χ0) is 14.7. The van der Waals surface area contributed by atoms with Gasteiger partial charge in [-0.05, 0) is 49.8 Å². The van der Waals surface area contributed by atoms with E-state index < -0.39 is 0 Å². The second-order valence-corrected chi connectivity index (χ2v) is 5.24. The summed E-state index contributed by atoms with van der Waals surface area (Å²) in [5, 5.41) is 13.7. The summed E-state index contributed by atoms with van der Waals surface area (Å²) in [4.78, 5) is 12.1. The molecule has 104 valence electrons. The maximum absolute atomic E-state index is 12.1. The van der Waals surface area contributed by atoms with Crippen molar-refractivity contribution in [2.45, 2.75) is 20.4 Å². The van der Waals surface area contributed by atoms with Gasteiger partial charge in [-0.1, -0.05) is 15.9 Å². The van der Waals surface area contributed by atoms with Crippen molar-refractivity contribution in [3.63, 3.8) is 0 Å². The predicted molar refractivity (Wildman–Crippen MR) is 81.8 cm³/mol. The van der Waals surface area contributed by atoms with Crippen molar-refractivity contribution >= 4 is 27.8 Å². The van der Waals surface area contributed by atoms with Crippen LogP contribution in [-0.2, 0) is 6.54 Å². The van der Waals surface area contributed by atoms with Gasteiger partial charge in [0.1, 0.15) is 5.75 Å². The highest BCUT2D eigenvalue weighted by atomic mass is 79.9. The van der Waals surface area contributed by atoms with E-state index in [0.29, 0.717) is 5.56 Å². The van der Waals surface area contributed by atoms with E-state index in [1.165, 1.54) is 6.08 Å². The molecule has 0 bridgehead atoms. The summed E-state index contributed by atoms with van der Waals surface area (Å²) in [6.07, 6.45) is 4.91. The van der Waals surface area contributed by atoms with E-state index in [0.717, 1.165) is 22.3 Å². The molecule has 4 nitrogen and oxygen atoms in total. The van der Waals surface area contributed by atoms with Gasteiger partial charge in [-0.3, -0.25) is 9.48 Å². The average molecular weight is 335 g/mol. The Hall–Kier alpha value is -1.88. The van der Waals surface area contributed by atoms with Crippen LogP contribution in [0.25, 0.3) is 6.08 Å². The molecule has 2 aromatic rings. The molecule has 20 heavy (non-hydrogen) atoms. The Morgan fingerprint density at radius 2 is 2.25 bits per heavy atom. The molecule has 0 amide bonds. The summed E-state index contributed by atoms with van der Waals surface area (Å²) in [6, 6.07) is 4.91. The number of phenolic OH excluding ortho intramolecular Hbond substituents is 1. The summed E-state index contributed by atoms with van der Waals surface area (Å²) in [7, 11) is 0. The third-order valence-electron chi connectivity index (χ3n) is 2.93. The molecule has 1 aromatic carbocycles. The standard InChI is InChI=1S/C15H15BrN2O2/c1-3-18-9-13(10(2)17-18)15(20)7-4-11-8-12(19)5-6-14(11)16/h4-9,19H,3H2,1-2H3. The quantitative estimate of drug-likeness (QED) is 0.686. The Kier molecular flexibility index (Phi) is 4.39. The number of aryl methyl sites for hydroxylation is 2. The van der Waals surface area contributed by atoms with Crippen molar-refractivity contribution < 1.29 is 9.90 Å². The molecule has 1 aromatic heterocycles. The normalized spacial score (nSPS) is 11.2. The highest BCUT2D eigenvalue weighted by Gasteiger charge is 2.10. The molecule has 0 aliphatic carbocycles. The van der Waals surface area contributed by atoms with Crippen molar-refractivity contribution in [2.75, 3.05) is 0 Å². The van der Waals surface area contributed by atoms with Gasteiger partial charge in [0.05, 0.1) is 11.3 Å². The van der Waals surface area contributed by atoms with Crippen LogP contribution in [0.5, 0.6) is 5.75 Å². The van der Waals surface area contributed by atoms with Gasteiger partial charge in [0.15, 0.2) is 5.78 Å². The Morgan fingerprint density at radius 3 is 2.90 bits per heavy atom. The maximum Gasteiger partial charge on any atom is 0.189 e. The fourth-order valence-corrected chi connectivity index (χ4v) is 2.21. The monoisotopic (exact) mass is 334 g/mol. The summed E-state index contributed by atoms with van der Waals surface area (Å²) in [6.45, 7) is 4.52. The fourth-order valence-electron chi connectivity index (χ4n) is 1.84. The summed E-state index contributed by atoms with van der Waals surface area (Å²) in [5.41, 5.74) is 2.06. The number of aromatic hydroxyl groups is 1. The minimum atomic E-state index is -0.0996. The van der Waals surface area contributed by atoms with Crippen molar-refractivity contribution in [1.82, 2.24) is 9.78 Å². The molecule has 5 heteroatoms. The van der Waals surface area contributed by atoms with Crippen LogP contribution >= 0.6 is 15.9 Å². The number of ketones is 1. The molecule has 0 saturated carbocycles. The van der Waals surface area contributed by atoms with Gasteiger partial charge in [0.25, 0.3) is 0 Å². The van der Waals surface area contributed by atoms with E-state index >= 15 is 0 Å². The van der Waals surface area contributed by atoms with Crippen LogP contribution in [0.4, 0.5) is 0 Å². The van der Waals surface area contributed by atoms with Crippen LogP contribution in [0, 0.1) is 6.92 Å². The van der Waals surface area contributed by atoms with E-state index in [1.54, 1.807) is 35.2 Å². The number of allylic oxidation sites excluding steroid dienone is 1. The van der Waals surface area contributed by atoms with Crippen LogP contribution in [-0.4, -0.2) is 20.7 Å². The molecular weight excluding hydrogens is 320 g/mol. The number of carbonyl (C=O) groups excluding carboxylic acids is 1. The first-order valence-electron chi connectivity index (χ1n) is 6.26. The third kappa shape index (κ3) is 3.17. The Bertz CT molecular complexity index is 675. The number of phenols is 1. The van der Waals surface area contributed by atoms with Crippen molar-refractivity contribution in [2.24, 2.45) is 0 Å². The Morgan fingerprint density at radius 1 is 1.50 bits per heavy atom. The van der Waals surface area contributed by atoms with E-state index in [4.69, 9.17) is 0 Å². The highest BCUT2D eigenvalue weighted by molar-refractivity contribution is 9.10. The molecule has 1 heterocycles. The molecule has 2 rings (SSSR count). The van der Waals surface area contributed by atoms with Crippen molar-refractivity contribution in [3.8, 4) is 5.75 Å². The third-order valence-corrected chi connectivity index (χ3v) is 3.65. The van der Waals surface area contributed by atoms with Crippen LogP contribution < -0.4 is 0 Å². The molecule has 0 saturated heterocycles. The Labute approximate surface area is 125 Å². The number of halogens is 1. The first-order chi connectivity index (χ1) is 9.51. The molecule has 0 aliphatic rings. The number of benzene rings is 1. The topological polar surface area (TPSA) is 55.1 Å². The van der Waals surface area contributed by atoms with Gasteiger partial charge in [-0.25, -0.2) is 0 Å². The molecule has 0 spiro atoms. The minimum Gasteiger partial charge on any atom is -0.508 e. The van der Waals surface area contributed by atoms with Crippen LogP contribution in [0.1, 0.15) is 28.5 Å². The largest absolute Gasteiger partial charge is 0.508 e. The second-order valence-electron chi connectivity index (χ2n) is 4.39. The number of hydrogen-bond donors (Lipinski definition) is 1. The van der Waals surface area contributed by atoms with Crippen LogP contribution in [0.2, 0.25) is 0 Å². The van der Waals surface area contributed by atoms with E-state index in [1.807, 2.05) is 13.8 Å². The average Bonchev–Trinajstić information content (AvgIpc) is 2.81. The smallest absolute Gasteiger partial charge is 0.189 e. The van der Waals surface area contributed by atoms with E-state index in [-0.39, 0.29) is 11.5 Å². The lowest BCUT2D eigenvalue weighted by Crippen LogP contribution is -1.95. The van der Waals surface area contributed by atoms with Crippen LogP contribution in [0.3, 0.4) is 0 Å². The molecule has 0 atom stereocenters. The zero-order valence-electron chi connectivity index (χ0n) is 11.3. The molecule has 0 unspecified atom stereocenters. The summed E-state index contributed by atoms with van der Waals surface area (Å²) in [5.74, 6) is 0.0627. The molecule has 0 radical (unpaired) electrons. The summed E-state index contributed by atoms with van der Waals surface area (Å²) >= 11 is 3.38. The number of nitrogens with zero attached hydrogens (tertiary/aromatic N) is 2. The lowest BCUT2D eigenvalue weighted by Gasteiger charge is -1.99. The van der Waals surface area contributed by atoms with Gasteiger partial charge in [0.2, 0.25) is 0 Å². The SMILES string of the molecule is CCn1cc(C(=O)C=Cc2cc(O)ccc2Br)c(C)n1. The van der Waals surface area contributed by atoms with Gasteiger partial charge in [-0.15, -0.1) is 0 Å². The zero-order valence-corrected chi connectivity index (χ0v) is 12.9. The molecule has 0 fully saturated rings. The molecular formula is C15H15BrN2O2. The number of hydrogen-bond acceptors (Lipinski definition) is 3. The lowest BCUT2D eigenvalue weighted by atomic mass is 10.1. The second kappa shape index (κ2) is 6.05. The van der Waals surface area contributed by atoms with Crippen molar-refractivity contribution in [3.05, 3.63) is 51.8 Å². The maximum atomic E-state index is 12.1.